The van der Waals surface area contributed by atoms with Gasteiger partial charge in [-0.25, -0.2) is 4.98 Å². The zero-order chi connectivity index (χ0) is 13.1. The summed E-state index contributed by atoms with van der Waals surface area (Å²) in [5.74, 6) is 0.900. The first-order valence-corrected chi connectivity index (χ1v) is 6.45. The van der Waals surface area contributed by atoms with Gasteiger partial charge in [-0.15, -0.1) is 0 Å². The molecule has 1 aliphatic carbocycles. The van der Waals surface area contributed by atoms with Gasteiger partial charge < -0.3 is 14.6 Å². The van der Waals surface area contributed by atoms with Crippen LogP contribution in [0.2, 0.25) is 0 Å². The van der Waals surface area contributed by atoms with Gasteiger partial charge in [-0.2, -0.15) is 0 Å². The quantitative estimate of drug-likeness (QED) is 0.861. The van der Waals surface area contributed by atoms with Crippen LogP contribution in [0.4, 0.5) is 5.82 Å². The second-order valence-electron chi connectivity index (χ2n) is 5.30. The fraction of sp³-hybridized carbons (Fsp3) is 0.692. The zero-order valence-corrected chi connectivity index (χ0v) is 11.2. The number of anilines is 1. The summed E-state index contributed by atoms with van der Waals surface area (Å²) in [6.07, 6.45) is 5.63. The molecule has 100 valence electrons. The molecule has 0 radical (unpaired) electrons. The van der Waals surface area contributed by atoms with Crippen LogP contribution in [0.25, 0.3) is 0 Å². The van der Waals surface area contributed by atoms with Crippen molar-refractivity contribution in [3.05, 3.63) is 22.7 Å². The van der Waals surface area contributed by atoms with Gasteiger partial charge in [0.15, 0.2) is 5.82 Å². The van der Waals surface area contributed by atoms with Crippen LogP contribution >= 0.6 is 0 Å². The highest BCUT2D eigenvalue weighted by Gasteiger charge is 2.29. The van der Waals surface area contributed by atoms with Crippen molar-refractivity contribution in [2.45, 2.75) is 45.4 Å². The summed E-state index contributed by atoms with van der Waals surface area (Å²) >= 11 is 0. The lowest BCUT2D eigenvalue weighted by molar-refractivity contribution is 0.0327. The molecule has 0 saturated heterocycles. The first-order valence-electron chi connectivity index (χ1n) is 6.45. The van der Waals surface area contributed by atoms with E-state index in [9.17, 15) is 4.79 Å². The number of nitrogens with zero attached hydrogens (tertiary/aromatic N) is 2. The van der Waals surface area contributed by atoms with Crippen molar-refractivity contribution in [2.75, 3.05) is 12.4 Å². The van der Waals surface area contributed by atoms with Crippen molar-refractivity contribution in [2.24, 2.45) is 5.92 Å². The molecule has 1 saturated carbocycles. The normalized spacial score (nSPS) is 22.9. The van der Waals surface area contributed by atoms with Gasteiger partial charge in [0, 0.05) is 32.1 Å². The molecule has 0 spiro atoms. The molecule has 18 heavy (non-hydrogen) atoms. The third-order valence-electron chi connectivity index (χ3n) is 3.24. The summed E-state index contributed by atoms with van der Waals surface area (Å²) in [6, 6.07) is 0.310. The van der Waals surface area contributed by atoms with E-state index < -0.39 is 0 Å². The molecule has 5 nitrogen and oxygen atoms in total. The Morgan fingerprint density at radius 2 is 2.28 bits per heavy atom. The van der Waals surface area contributed by atoms with Crippen molar-refractivity contribution < 1.29 is 4.74 Å². The fourth-order valence-electron chi connectivity index (χ4n) is 2.15. The fourth-order valence-corrected chi connectivity index (χ4v) is 2.15. The van der Waals surface area contributed by atoms with Crippen molar-refractivity contribution in [1.82, 2.24) is 9.55 Å². The highest BCUT2D eigenvalue weighted by molar-refractivity contribution is 5.33. The van der Waals surface area contributed by atoms with E-state index in [4.69, 9.17) is 4.74 Å². The average molecular weight is 251 g/mol. The Morgan fingerprint density at radius 3 is 2.89 bits per heavy atom. The van der Waals surface area contributed by atoms with E-state index in [1.54, 1.807) is 24.1 Å². The van der Waals surface area contributed by atoms with Crippen LogP contribution in [-0.4, -0.2) is 28.8 Å². The second-order valence-corrected chi connectivity index (χ2v) is 5.30. The third kappa shape index (κ3) is 2.90. The number of methoxy groups -OCH3 is 1. The minimum atomic E-state index is -0.0351. The maximum Gasteiger partial charge on any atom is 0.293 e. The predicted molar refractivity (Wildman–Crippen MR) is 70.8 cm³/mol. The SMILES string of the molecule is COC1CC(Nc2nccn(CC(C)C)c2=O)C1. The van der Waals surface area contributed by atoms with Crippen LogP contribution < -0.4 is 10.9 Å². The Hall–Kier alpha value is -1.36. The van der Waals surface area contributed by atoms with Crippen molar-refractivity contribution >= 4 is 5.82 Å². The molecule has 0 aliphatic heterocycles. The smallest absolute Gasteiger partial charge is 0.293 e. The maximum absolute atomic E-state index is 12.1. The number of aromatic nitrogens is 2. The molecule has 2 rings (SSSR count). The Kier molecular flexibility index (Phi) is 4.01. The lowest BCUT2D eigenvalue weighted by atomic mass is 9.89. The monoisotopic (exact) mass is 251 g/mol. The number of hydrogen-bond acceptors (Lipinski definition) is 4. The molecular weight excluding hydrogens is 230 g/mol. The molecule has 1 aliphatic rings. The number of ether oxygens (including phenoxy) is 1. The first-order chi connectivity index (χ1) is 8.60. The van der Waals surface area contributed by atoms with Gasteiger partial charge in [0.1, 0.15) is 0 Å². The minimum absolute atomic E-state index is 0.0351. The van der Waals surface area contributed by atoms with Gasteiger partial charge in [-0.3, -0.25) is 4.79 Å². The van der Waals surface area contributed by atoms with Crippen molar-refractivity contribution in [3.63, 3.8) is 0 Å². The molecule has 0 unspecified atom stereocenters. The molecule has 0 aromatic carbocycles. The van der Waals surface area contributed by atoms with E-state index in [1.807, 2.05) is 0 Å². The van der Waals surface area contributed by atoms with Gasteiger partial charge >= 0.3 is 0 Å². The van der Waals surface area contributed by atoms with Gasteiger partial charge in [0.2, 0.25) is 0 Å². The van der Waals surface area contributed by atoms with Gasteiger partial charge in [0.05, 0.1) is 6.10 Å². The van der Waals surface area contributed by atoms with Gasteiger partial charge in [-0.1, -0.05) is 13.8 Å². The van der Waals surface area contributed by atoms with Crippen LogP contribution in [0.15, 0.2) is 17.2 Å². The molecule has 0 amide bonds. The summed E-state index contributed by atoms with van der Waals surface area (Å²) in [5.41, 5.74) is -0.0351. The molecule has 1 aromatic rings. The predicted octanol–water partition coefficient (Wildman–Crippen LogP) is 1.49. The molecule has 1 fully saturated rings. The molecule has 1 aromatic heterocycles. The van der Waals surface area contributed by atoms with E-state index in [-0.39, 0.29) is 5.56 Å². The highest BCUT2D eigenvalue weighted by atomic mass is 16.5. The highest BCUT2D eigenvalue weighted by Crippen LogP contribution is 2.24. The summed E-state index contributed by atoms with van der Waals surface area (Å²) in [7, 11) is 1.72. The van der Waals surface area contributed by atoms with Crippen LogP contribution in [0.3, 0.4) is 0 Å². The summed E-state index contributed by atoms with van der Waals surface area (Å²) in [5, 5.41) is 3.20. The molecule has 0 atom stereocenters. The topological polar surface area (TPSA) is 56.1 Å². The van der Waals surface area contributed by atoms with Crippen LogP contribution in [0.5, 0.6) is 0 Å². The largest absolute Gasteiger partial charge is 0.381 e. The van der Waals surface area contributed by atoms with Crippen molar-refractivity contribution in [3.8, 4) is 0 Å². The van der Waals surface area contributed by atoms with Crippen LogP contribution in [0.1, 0.15) is 26.7 Å². The van der Waals surface area contributed by atoms with Gasteiger partial charge in [0.25, 0.3) is 5.56 Å². The minimum Gasteiger partial charge on any atom is -0.381 e. The Labute approximate surface area is 107 Å². The van der Waals surface area contributed by atoms with Crippen LogP contribution in [0, 0.1) is 5.92 Å². The number of nitrogens with one attached hydrogen (secondary N) is 1. The van der Waals surface area contributed by atoms with Gasteiger partial charge in [-0.05, 0) is 18.8 Å². The Balaban J connectivity index is 2.03. The summed E-state index contributed by atoms with van der Waals surface area (Å²) < 4.78 is 6.93. The average Bonchev–Trinajstić information content (AvgIpc) is 2.27. The van der Waals surface area contributed by atoms with E-state index in [0.717, 1.165) is 19.4 Å². The molecule has 1 N–H and O–H groups in total. The third-order valence-corrected chi connectivity index (χ3v) is 3.24. The maximum atomic E-state index is 12.1. The Morgan fingerprint density at radius 1 is 1.56 bits per heavy atom. The lowest BCUT2D eigenvalue weighted by Gasteiger charge is -2.34. The lowest BCUT2D eigenvalue weighted by Crippen LogP contribution is -2.42. The van der Waals surface area contributed by atoms with E-state index in [2.05, 4.69) is 24.1 Å². The molecule has 5 heteroatoms. The second kappa shape index (κ2) is 5.52. The molecular formula is C13H21N3O2. The number of hydrogen-bond donors (Lipinski definition) is 1. The standard InChI is InChI=1S/C13H21N3O2/c1-9(2)8-16-5-4-14-12(13(16)17)15-10-6-11(7-10)18-3/h4-5,9-11H,6-8H2,1-3H3,(H,14,15). The van der Waals surface area contributed by atoms with Crippen molar-refractivity contribution in [1.29, 1.82) is 0 Å². The molecule has 1 heterocycles. The van der Waals surface area contributed by atoms with E-state index >= 15 is 0 Å². The Bertz CT molecular complexity index is 450. The molecule has 0 bridgehead atoms. The van der Waals surface area contributed by atoms with Crippen LogP contribution in [-0.2, 0) is 11.3 Å². The first kappa shape index (κ1) is 13.1. The zero-order valence-electron chi connectivity index (χ0n) is 11.2. The number of rotatable bonds is 5. The summed E-state index contributed by atoms with van der Waals surface area (Å²) in [6.45, 7) is 4.91. The van der Waals surface area contributed by atoms with E-state index in [0.29, 0.717) is 23.9 Å². The summed E-state index contributed by atoms with van der Waals surface area (Å²) in [4.78, 5) is 16.3. The van der Waals surface area contributed by atoms with E-state index in [1.165, 1.54) is 0 Å².